The van der Waals surface area contributed by atoms with Gasteiger partial charge in [-0.2, -0.15) is 0 Å². The Morgan fingerprint density at radius 3 is 2.58 bits per heavy atom. The number of hydrogen-bond acceptors (Lipinski definition) is 1. The Kier molecular flexibility index (Phi) is 2.94. The van der Waals surface area contributed by atoms with Gasteiger partial charge in [0.1, 0.15) is 0 Å². The van der Waals surface area contributed by atoms with Gasteiger partial charge in [-0.05, 0) is 31.1 Å². The lowest BCUT2D eigenvalue weighted by atomic mass is 9.78. The van der Waals surface area contributed by atoms with Crippen LogP contribution in [0.5, 0.6) is 0 Å². The van der Waals surface area contributed by atoms with E-state index in [4.69, 9.17) is 0 Å². The zero-order valence-electron chi connectivity index (χ0n) is 8.38. The van der Waals surface area contributed by atoms with Gasteiger partial charge in [-0.25, -0.2) is 0 Å². The summed E-state index contributed by atoms with van der Waals surface area (Å²) in [6.45, 7) is 6.36. The summed E-state index contributed by atoms with van der Waals surface area (Å²) in [5, 5.41) is 10.1. The zero-order chi connectivity index (χ0) is 9.19. The summed E-state index contributed by atoms with van der Waals surface area (Å²) >= 11 is 0. The van der Waals surface area contributed by atoms with E-state index in [0.717, 1.165) is 12.8 Å². The highest BCUT2D eigenvalue weighted by molar-refractivity contribution is 5.08. The highest BCUT2D eigenvalue weighted by atomic mass is 16.3. The van der Waals surface area contributed by atoms with E-state index < -0.39 is 5.60 Å². The van der Waals surface area contributed by atoms with E-state index in [0.29, 0.717) is 11.8 Å². The largest absolute Gasteiger partial charge is 0.386 e. The molecular weight excluding hydrogens is 148 g/mol. The van der Waals surface area contributed by atoms with Crippen LogP contribution in [0.25, 0.3) is 0 Å². The minimum Gasteiger partial charge on any atom is -0.386 e. The van der Waals surface area contributed by atoms with Crippen molar-refractivity contribution in [3.05, 3.63) is 12.2 Å². The van der Waals surface area contributed by atoms with Crippen LogP contribution in [0.1, 0.15) is 40.0 Å². The van der Waals surface area contributed by atoms with Crippen molar-refractivity contribution in [2.45, 2.75) is 45.6 Å². The minimum atomic E-state index is -0.522. The average molecular weight is 168 g/mol. The fourth-order valence-corrected chi connectivity index (χ4v) is 1.72. The number of rotatable bonds is 2. The summed E-state index contributed by atoms with van der Waals surface area (Å²) in [6.07, 6.45) is 7.46. The lowest BCUT2D eigenvalue weighted by molar-refractivity contribution is 0.0238. The molecule has 0 aliphatic heterocycles. The fraction of sp³-hybridized carbons (Fsp3) is 0.818. The summed E-state index contributed by atoms with van der Waals surface area (Å²) < 4.78 is 0. The number of allylic oxidation sites excluding steroid dienone is 1. The molecule has 0 aromatic heterocycles. The summed E-state index contributed by atoms with van der Waals surface area (Å²) in [5.41, 5.74) is -0.522. The van der Waals surface area contributed by atoms with Gasteiger partial charge in [0.2, 0.25) is 0 Å². The molecule has 0 spiro atoms. The standard InChI is InChI=1S/C11H20O/c1-4-10-5-7-11(12,8-6-10)9(2)3/h5,7,9-10,12H,4,6,8H2,1-3H3. The van der Waals surface area contributed by atoms with Crippen molar-refractivity contribution in [3.63, 3.8) is 0 Å². The van der Waals surface area contributed by atoms with E-state index in [9.17, 15) is 5.11 Å². The SMILES string of the molecule is CCC1C=CC(O)(C(C)C)CC1. The van der Waals surface area contributed by atoms with Gasteiger partial charge in [0.05, 0.1) is 5.60 Å². The molecule has 0 saturated carbocycles. The molecule has 1 heteroatoms. The predicted octanol–water partition coefficient (Wildman–Crippen LogP) is 2.75. The molecule has 0 fully saturated rings. The predicted molar refractivity (Wildman–Crippen MR) is 51.9 cm³/mol. The first-order valence-corrected chi connectivity index (χ1v) is 5.00. The Morgan fingerprint density at radius 1 is 1.58 bits per heavy atom. The van der Waals surface area contributed by atoms with E-state index in [2.05, 4.69) is 26.8 Å². The summed E-state index contributed by atoms with van der Waals surface area (Å²) in [6, 6.07) is 0. The topological polar surface area (TPSA) is 20.2 Å². The molecule has 1 N–H and O–H groups in total. The molecule has 0 heterocycles. The molecule has 1 aliphatic rings. The van der Waals surface area contributed by atoms with Crippen LogP contribution in [0.4, 0.5) is 0 Å². The van der Waals surface area contributed by atoms with Gasteiger partial charge in [0.15, 0.2) is 0 Å². The van der Waals surface area contributed by atoms with Crippen molar-refractivity contribution in [1.82, 2.24) is 0 Å². The molecule has 0 amide bonds. The van der Waals surface area contributed by atoms with Gasteiger partial charge in [-0.15, -0.1) is 0 Å². The second-order valence-corrected chi connectivity index (χ2v) is 4.21. The number of aliphatic hydroxyl groups is 1. The number of hydrogen-bond donors (Lipinski definition) is 1. The molecule has 0 radical (unpaired) electrons. The normalized spacial score (nSPS) is 35.9. The van der Waals surface area contributed by atoms with Gasteiger partial charge < -0.3 is 5.11 Å². The van der Waals surface area contributed by atoms with Gasteiger partial charge >= 0.3 is 0 Å². The third kappa shape index (κ3) is 1.89. The van der Waals surface area contributed by atoms with Crippen LogP contribution in [0.3, 0.4) is 0 Å². The van der Waals surface area contributed by atoms with Crippen molar-refractivity contribution >= 4 is 0 Å². The van der Waals surface area contributed by atoms with Crippen molar-refractivity contribution in [2.75, 3.05) is 0 Å². The molecule has 70 valence electrons. The van der Waals surface area contributed by atoms with Gasteiger partial charge in [-0.1, -0.05) is 32.9 Å². The highest BCUT2D eigenvalue weighted by Crippen LogP contribution is 2.32. The second kappa shape index (κ2) is 3.61. The molecule has 0 aromatic rings. The maximum absolute atomic E-state index is 10.1. The van der Waals surface area contributed by atoms with Crippen LogP contribution in [0, 0.1) is 11.8 Å². The van der Waals surface area contributed by atoms with Crippen molar-refractivity contribution in [2.24, 2.45) is 11.8 Å². The zero-order valence-corrected chi connectivity index (χ0v) is 8.38. The van der Waals surface area contributed by atoms with E-state index in [-0.39, 0.29) is 0 Å². The molecular formula is C11H20O. The molecule has 0 aromatic carbocycles. The quantitative estimate of drug-likeness (QED) is 0.629. The first-order chi connectivity index (χ1) is 5.58. The van der Waals surface area contributed by atoms with E-state index in [1.165, 1.54) is 6.42 Å². The van der Waals surface area contributed by atoms with Crippen LogP contribution >= 0.6 is 0 Å². The molecule has 1 nitrogen and oxygen atoms in total. The summed E-state index contributed by atoms with van der Waals surface area (Å²) in [4.78, 5) is 0. The Morgan fingerprint density at radius 2 is 2.25 bits per heavy atom. The average Bonchev–Trinajstić information content (AvgIpc) is 2.06. The smallest absolute Gasteiger partial charge is 0.0850 e. The first-order valence-electron chi connectivity index (χ1n) is 5.00. The van der Waals surface area contributed by atoms with Crippen LogP contribution < -0.4 is 0 Å². The Labute approximate surface area is 75.5 Å². The Balaban J connectivity index is 2.63. The van der Waals surface area contributed by atoms with Crippen LogP contribution in [0.15, 0.2) is 12.2 Å². The third-order valence-electron chi connectivity index (χ3n) is 3.10. The van der Waals surface area contributed by atoms with Crippen molar-refractivity contribution < 1.29 is 5.11 Å². The lowest BCUT2D eigenvalue weighted by Crippen LogP contribution is -2.35. The van der Waals surface area contributed by atoms with Crippen molar-refractivity contribution in [1.29, 1.82) is 0 Å². The molecule has 2 atom stereocenters. The molecule has 12 heavy (non-hydrogen) atoms. The van der Waals surface area contributed by atoms with Crippen molar-refractivity contribution in [3.8, 4) is 0 Å². The maximum Gasteiger partial charge on any atom is 0.0850 e. The van der Waals surface area contributed by atoms with E-state index in [1.807, 2.05) is 6.08 Å². The van der Waals surface area contributed by atoms with Crippen LogP contribution in [0.2, 0.25) is 0 Å². The summed E-state index contributed by atoms with van der Waals surface area (Å²) in [7, 11) is 0. The lowest BCUT2D eigenvalue weighted by Gasteiger charge is -2.34. The molecule has 1 aliphatic carbocycles. The molecule has 1 rings (SSSR count). The summed E-state index contributed by atoms with van der Waals surface area (Å²) in [5.74, 6) is 1.04. The highest BCUT2D eigenvalue weighted by Gasteiger charge is 2.30. The Bertz CT molecular complexity index is 172. The Hall–Kier alpha value is -0.300. The van der Waals surface area contributed by atoms with E-state index in [1.54, 1.807) is 0 Å². The second-order valence-electron chi connectivity index (χ2n) is 4.21. The van der Waals surface area contributed by atoms with Gasteiger partial charge in [0.25, 0.3) is 0 Å². The monoisotopic (exact) mass is 168 g/mol. The fourth-order valence-electron chi connectivity index (χ4n) is 1.72. The van der Waals surface area contributed by atoms with Crippen LogP contribution in [-0.4, -0.2) is 10.7 Å². The first kappa shape index (κ1) is 9.79. The maximum atomic E-state index is 10.1. The third-order valence-corrected chi connectivity index (χ3v) is 3.10. The molecule has 0 saturated heterocycles. The molecule has 0 bridgehead atoms. The molecule has 2 unspecified atom stereocenters. The van der Waals surface area contributed by atoms with Gasteiger partial charge in [0, 0.05) is 0 Å². The van der Waals surface area contributed by atoms with E-state index >= 15 is 0 Å². The van der Waals surface area contributed by atoms with Gasteiger partial charge in [-0.3, -0.25) is 0 Å². The minimum absolute atomic E-state index is 0.339. The van der Waals surface area contributed by atoms with Crippen LogP contribution in [-0.2, 0) is 0 Å².